The van der Waals surface area contributed by atoms with Crippen molar-refractivity contribution in [2.24, 2.45) is 0 Å². The van der Waals surface area contributed by atoms with Crippen molar-refractivity contribution < 1.29 is 4.74 Å². The van der Waals surface area contributed by atoms with Gasteiger partial charge in [-0.2, -0.15) is 0 Å². The van der Waals surface area contributed by atoms with Gasteiger partial charge in [0.1, 0.15) is 0 Å². The van der Waals surface area contributed by atoms with Crippen molar-refractivity contribution in [1.29, 1.82) is 0 Å². The fourth-order valence-corrected chi connectivity index (χ4v) is 5.01. The number of nitrogens with zero attached hydrogens (tertiary/aromatic N) is 3. The van der Waals surface area contributed by atoms with Crippen molar-refractivity contribution in [1.82, 2.24) is 19.8 Å². The van der Waals surface area contributed by atoms with Gasteiger partial charge in [-0.1, -0.05) is 29.8 Å². The minimum absolute atomic E-state index is 0.0293. The van der Waals surface area contributed by atoms with Crippen LogP contribution in [0.5, 0.6) is 0 Å². The number of thiocarbonyl (C=S) groups is 1. The van der Waals surface area contributed by atoms with Crippen LogP contribution in [0.1, 0.15) is 41.1 Å². The molecule has 7 heteroatoms. The van der Waals surface area contributed by atoms with Crippen LogP contribution in [0.2, 0.25) is 5.02 Å². The average Bonchev–Trinajstić information content (AvgIpc) is 3.25. The molecule has 0 saturated carbocycles. The third-order valence-corrected chi connectivity index (χ3v) is 6.50. The molecule has 5 nitrogen and oxygen atoms in total. The van der Waals surface area contributed by atoms with E-state index >= 15 is 0 Å². The van der Waals surface area contributed by atoms with Gasteiger partial charge in [0.2, 0.25) is 0 Å². The Morgan fingerprint density at radius 1 is 1.16 bits per heavy atom. The number of halogens is 1. The fourth-order valence-electron chi connectivity index (χ4n) is 4.45. The number of hydrogen-bond acceptors (Lipinski definition) is 3. The number of methoxy groups -OCH3 is 1. The smallest absolute Gasteiger partial charge is 0.170 e. The third kappa shape index (κ3) is 4.20. The van der Waals surface area contributed by atoms with Crippen LogP contribution in [0.3, 0.4) is 0 Å². The number of aromatic nitrogens is 2. The minimum atomic E-state index is -0.0311. The predicted octanol–water partition coefficient (Wildman–Crippen LogP) is 5.15. The SMILES string of the molecule is COCCCN1C(=S)N[C@H](c2ccccn2)[C@@H]1c1cc(C)n(-c2ccccc2Cl)c1C. The standard InChI is InChI=1S/C24H27ClN4OS/c1-16-15-18(17(2)29(16)21-11-5-4-9-19(21)25)23-22(20-10-6-7-12-26-20)27-24(31)28(23)13-8-14-30-3/h4-7,9-12,15,22-23H,8,13-14H2,1-3H3,(H,27,31)/t22-,23+/m1/s1. The first kappa shape index (κ1) is 21.8. The number of hydrogen-bond donors (Lipinski definition) is 1. The Morgan fingerprint density at radius 2 is 1.94 bits per heavy atom. The van der Waals surface area contributed by atoms with Gasteiger partial charge in [-0.3, -0.25) is 4.98 Å². The first-order valence-electron chi connectivity index (χ1n) is 10.4. The van der Waals surface area contributed by atoms with Crippen LogP contribution in [-0.2, 0) is 4.74 Å². The van der Waals surface area contributed by atoms with Crippen molar-refractivity contribution in [3.05, 3.63) is 82.4 Å². The molecule has 0 bridgehead atoms. The topological polar surface area (TPSA) is 42.3 Å². The van der Waals surface area contributed by atoms with Crippen LogP contribution in [0.15, 0.2) is 54.7 Å². The van der Waals surface area contributed by atoms with Crippen LogP contribution in [0, 0.1) is 13.8 Å². The summed E-state index contributed by atoms with van der Waals surface area (Å²) < 4.78 is 7.51. The lowest BCUT2D eigenvalue weighted by Crippen LogP contribution is -2.31. The summed E-state index contributed by atoms with van der Waals surface area (Å²) in [5.41, 5.74) is 5.47. The first-order valence-corrected chi connectivity index (χ1v) is 11.2. The maximum Gasteiger partial charge on any atom is 0.170 e. The summed E-state index contributed by atoms with van der Waals surface area (Å²) in [4.78, 5) is 6.90. The highest BCUT2D eigenvalue weighted by molar-refractivity contribution is 7.80. The van der Waals surface area contributed by atoms with Crippen LogP contribution in [-0.4, -0.2) is 39.8 Å². The number of rotatable bonds is 7. The molecule has 1 aromatic carbocycles. The lowest BCUT2D eigenvalue weighted by molar-refractivity contribution is 0.180. The molecule has 0 spiro atoms. The van der Waals surface area contributed by atoms with E-state index in [1.54, 1.807) is 7.11 Å². The van der Waals surface area contributed by atoms with Crippen molar-refractivity contribution in [2.75, 3.05) is 20.3 Å². The molecule has 1 aliphatic heterocycles. The molecular weight excluding hydrogens is 428 g/mol. The van der Waals surface area contributed by atoms with Crippen molar-refractivity contribution in [3.63, 3.8) is 0 Å². The summed E-state index contributed by atoms with van der Waals surface area (Å²) in [5, 5.41) is 5.00. The largest absolute Gasteiger partial charge is 0.385 e. The Balaban J connectivity index is 1.80. The number of pyridine rings is 1. The molecule has 1 N–H and O–H groups in total. The highest BCUT2D eigenvalue weighted by Crippen LogP contribution is 2.41. The molecule has 0 aliphatic carbocycles. The van der Waals surface area contributed by atoms with E-state index in [1.807, 2.05) is 36.5 Å². The zero-order valence-electron chi connectivity index (χ0n) is 18.0. The molecule has 2 aromatic heterocycles. The molecule has 1 fully saturated rings. The molecule has 3 aromatic rings. The maximum atomic E-state index is 6.54. The molecule has 31 heavy (non-hydrogen) atoms. The van der Waals surface area contributed by atoms with E-state index in [4.69, 9.17) is 28.6 Å². The molecule has 0 unspecified atom stereocenters. The average molecular weight is 455 g/mol. The highest BCUT2D eigenvalue weighted by atomic mass is 35.5. The fraction of sp³-hybridized carbons (Fsp3) is 0.333. The molecule has 2 atom stereocenters. The van der Waals surface area contributed by atoms with Crippen LogP contribution < -0.4 is 5.32 Å². The van der Waals surface area contributed by atoms with E-state index in [0.29, 0.717) is 6.61 Å². The Bertz CT molecular complexity index is 1070. The molecule has 0 radical (unpaired) electrons. The van der Waals surface area contributed by atoms with E-state index in [9.17, 15) is 0 Å². The number of aryl methyl sites for hydroxylation is 1. The van der Waals surface area contributed by atoms with Gasteiger partial charge >= 0.3 is 0 Å². The predicted molar refractivity (Wildman–Crippen MR) is 129 cm³/mol. The summed E-state index contributed by atoms with van der Waals surface area (Å²) >= 11 is 12.3. The lowest BCUT2D eigenvalue weighted by Gasteiger charge is -2.28. The lowest BCUT2D eigenvalue weighted by atomic mass is 9.96. The Morgan fingerprint density at radius 3 is 2.65 bits per heavy atom. The maximum absolute atomic E-state index is 6.54. The van der Waals surface area contributed by atoms with E-state index in [-0.39, 0.29) is 12.1 Å². The van der Waals surface area contributed by atoms with Gasteiger partial charge in [0.05, 0.1) is 28.5 Å². The summed E-state index contributed by atoms with van der Waals surface area (Å²) in [6, 6.07) is 16.2. The Hall–Kier alpha value is -2.41. The second-order valence-electron chi connectivity index (χ2n) is 7.78. The van der Waals surface area contributed by atoms with Crippen LogP contribution >= 0.6 is 23.8 Å². The van der Waals surface area contributed by atoms with Gasteiger partial charge in [0.25, 0.3) is 0 Å². The van der Waals surface area contributed by atoms with Gasteiger partial charge < -0.3 is 19.5 Å². The summed E-state index contributed by atoms with van der Waals surface area (Å²) in [5.74, 6) is 0. The zero-order valence-corrected chi connectivity index (χ0v) is 19.6. The molecular formula is C24H27ClN4OS. The van der Waals surface area contributed by atoms with Gasteiger partial charge in [0, 0.05) is 37.8 Å². The van der Waals surface area contributed by atoms with Gasteiger partial charge in [-0.05, 0) is 68.4 Å². The Kier molecular flexibility index (Phi) is 6.60. The molecule has 4 rings (SSSR count). The second-order valence-corrected chi connectivity index (χ2v) is 8.57. The molecule has 3 heterocycles. The second kappa shape index (κ2) is 9.39. The quantitative estimate of drug-likeness (QED) is 0.395. The highest BCUT2D eigenvalue weighted by Gasteiger charge is 2.41. The molecule has 1 aliphatic rings. The zero-order chi connectivity index (χ0) is 22.0. The number of ether oxygens (including phenoxy) is 1. The van der Waals surface area contributed by atoms with E-state index < -0.39 is 0 Å². The first-order chi connectivity index (χ1) is 15.0. The van der Waals surface area contributed by atoms with Crippen molar-refractivity contribution >= 4 is 28.9 Å². The monoisotopic (exact) mass is 454 g/mol. The number of benzene rings is 1. The minimum Gasteiger partial charge on any atom is -0.385 e. The van der Waals surface area contributed by atoms with Crippen LogP contribution in [0.4, 0.5) is 0 Å². The molecule has 1 saturated heterocycles. The number of para-hydroxylation sites is 1. The van der Waals surface area contributed by atoms with E-state index in [0.717, 1.165) is 45.9 Å². The van der Waals surface area contributed by atoms with Gasteiger partial charge in [0.15, 0.2) is 5.11 Å². The normalized spacial score (nSPS) is 18.5. The molecule has 0 amide bonds. The van der Waals surface area contributed by atoms with E-state index in [1.165, 1.54) is 5.56 Å². The summed E-state index contributed by atoms with van der Waals surface area (Å²) in [7, 11) is 1.73. The van der Waals surface area contributed by atoms with Crippen molar-refractivity contribution in [2.45, 2.75) is 32.4 Å². The van der Waals surface area contributed by atoms with Crippen molar-refractivity contribution in [3.8, 4) is 5.69 Å². The van der Waals surface area contributed by atoms with E-state index in [2.05, 4.69) is 51.8 Å². The van der Waals surface area contributed by atoms with Crippen LogP contribution in [0.25, 0.3) is 5.69 Å². The van der Waals surface area contributed by atoms with Gasteiger partial charge in [-0.25, -0.2) is 0 Å². The Labute approximate surface area is 194 Å². The third-order valence-electron chi connectivity index (χ3n) is 5.83. The number of nitrogens with one attached hydrogen (secondary N) is 1. The summed E-state index contributed by atoms with van der Waals surface area (Å²) in [6.45, 7) is 5.77. The summed E-state index contributed by atoms with van der Waals surface area (Å²) in [6.07, 6.45) is 2.73. The van der Waals surface area contributed by atoms with Gasteiger partial charge in [-0.15, -0.1) is 0 Å². The molecule has 162 valence electrons.